The van der Waals surface area contributed by atoms with Gasteiger partial charge in [-0.2, -0.15) is 0 Å². The lowest BCUT2D eigenvalue weighted by Gasteiger charge is -2.32. The minimum Gasteiger partial charge on any atom is -0.468 e. The maximum absolute atomic E-state index is 12.2. The summed E-state index contributed by atoms with van der Waals surface area (Å²) in [4.78, 5) is 26.3. The van der Waals surface area contributed by atoms with Crippen molar-refractivity contribution in [3.63, 3.8) is 0 Å². The number of carbonyl (C=O) groups excluding carboxylic acids is 2. The average Bonchev–Trinajstić information content (AvgIpc) is 2.71. The quantitative estimate of drug-likeness (QED) is 0.622. The Balaban J connectivity index is 1.94. The van der Waals surface area contributed by atoms with Gasteiger partial charge in [-0.25, -0.2) is 0 Å². The van der Waals surface area contributed by atoms with E-state index in [4.69, 9.17) is 9.47 Å². The number of hydrogen-bond acceptors (Lipinski definition) is 5. The molecule has 5 nitrogen and oxygen atoms in total. The SMILES string of the molecule is COC(=O)C1(C(=O)OC)C=CN([C@H](C)c2cccc3ccccc23)C=C1. The van der Waals surface area contributed by atoms with E-state index in [-0.39, 0.29) is 6.04 Å². The summed E-state index contributed by atoms with van der Waals surface area (Å²) in [7, 11) is 2.50. The summed E-state index contributed by atoms with van der Waals surface area (Å²) in [5, 5.41) is 2.34. The summed E-state index contributed by atoms with van der Waals surface area (Å²) >= 11 is 0. The molecule has 1 heterocycles. The molecule has 1 aliphatic heterocycles. The van der Waals surface area contributed by atoms with Crippen LogP contribution in [0.1, 0.15) is 18.5 Å². The van der Waals surface area contributed by atoms with Gasteiger partial charge in [-0.1, -0.05) is 42.5 Å². The minimum absolute atomic E-state index is 0.0156. The third-order valence-corrected chi connectivity index (χ3v) is 4.79. The van der Waals surface area contributed by atoms with E-state index in [2.05, 4.69) is 31.2 Å². The van der Waals surface area contributed by atoms with E-state index in [1.54, 1.807) is 12.4 Å². The molecular formula is C21H21NO4. The van der Waals surface area contributed by atoms with Gasteiger partial charge < -0.3 is 14.4 Å². The molecule has 0 fully saturated rings. The molecule has 134 valence electrons. The van der Waals surface area contributed by atoms with E-state index in [9.17, 15) is 9.59 Å². The molecule has 0 N–H and O–H groups in total. The van der Waals surface area contributed by atoms with Crippen LogP contribution in [0.2, 0.25) is 0 Å². The maximum atomic E-state index is 12.2. The zero-order valence-electron chi connectivity index (χ0n) is 15.0. The molecule has 0 saturated heterocycles. The summed E-state index contributed by atoms with van der Waals surface area (Å²) in [6.45, 7) is 2.07. The highest BCUT2D eigenvalue weighted by Crippen LogP contribution is 2.34. The smallest absolute Gasteiger partial charge is 0.331 e. The van der Waals surface area contributed by atoms with Crippen LogP contribution in [0.5, 0.6) is 0 Å². The molecule has 0 radical (unpaired) electrons. The lowest BCUT2D eigenvalue weighted by molar-refractivity contribution is -0.161. The van der Waals surface area contributed by atoms with Gasteiger partial charge in [0, 0.05) is 12.4 Å². The van der Waals surface area contributed by atoms with Crippen molar-refractivity contribution < 1.29 is 19.1 Å². The summed E-state index contributed by atoms with van der Waals surface area (Å²) in [5.74, 6) is -1.34. The first-order chi connectivity index (χ1) is 12.5. The van der Waals surface area contributed by atoms with E-state index in [0.29, 0.717) is 0 Å². The lowest BCUT2D eigenvalue weighted by Crippen LogP contribution is -2.40. The highest BCUT2D eigenvalue weighted by molar-refractivity contribution is 6.04. The second-order valence-electron chi connectivity index (χ2n) is 6.18. The van der Waals surface area contributed by atoms with Gasteiger partial charge in [0.2, 0.25) is 5.41 Å². The second kappa shape index (κ2) is 7.04. The fraction of sp³-hybridized carbons (Fsp3) is 0.238. The fourth-order valence-corrected chi connectivity index (χ4v) is 3.24. The standard InChI is InChI=1S/C21H21NO4/c1-15(17-10-6-8-16-7-4-5-9-18(16)17)22-13-11-21(12-14-22,19(23)25-2)20(24)26-3/h4-15H,1-3H3/t15-/m1/s1. The molecule has 1 aliphatic rings. The summed E-state index contributed by atoms with van der Waals surface area (Å²) in [6, 6.07) is 14.4. The molecule has 2 aromatic carbocycles. The Morgan fingerprint density at radius 1 is 0.923 bits per heavy atom. The van der Waals surface area contributed by atoms with E-state index >= 15 is 0 Å². The zero-order chi connectivity index (χ0) is 18.7. The Bertz CT molecular complexity index is 863. The molecule has 0 spiro atoms. The van der Waals surface area contributed by atoms with Gasteiger partial charge in [0.25, 0.3) is 0 Å². The zero-order valence-corrected chi connectivity index (χ0v) is 15.0. The van der Waals surface area contributed by atoms with Gasteiger partial charge in [0.15, 0.2) is 0 Å². The molecule has 0 aliphatic carbocycles. The number of nitrogens with zero attached hydrogens (tertiary/aromatic N) is 1. The van der Waals surface area contributed by atoms with Crippen molar-refractivity contribution in [3.8, 4) is 0 Å². The van der Waals surface area contributed by atoms with Crippen LogP contribution in [0.3, 0.4) is 0 Å². The van der Waals surface area contributed by atoms with Crippen molar-refractivity contribution in [3.05, 3.63) is 72.6 Å². The van der Waals surface area contributed by atoms with Gasteiger partial charge in [-0.3, -0.25) is 9.59 Å². The van der Waals surface area contributed by atoms with E-state index in [1.807, 2.05) is 23.1 Å². The number of methoxy groups -OCH3 is 2. The first-order valence-electron chi connectivity index (χ1n) is 8.34. The topological polar surface area (TPSA) is 55.8 Å². The average molecular weight is 351 g/mol. The van der Waals surface area contributed by atoms with E-state index < -0.39 is 17.4 Å². The van der Waals surface area contributed by atoms with Gasteiger partial charge >= 0.3 is 11.9 Å². The van der Waals surface area contributed by atoms with Crippen molar-refractivity contribution in [2.75, 3.05) is 14.2 Å². The Labute approximate surface area is 152 Å². The Morgan fingerprint density at radius 3 is 2.12 bits per heavy atom. The first kappa shape index (κ1) is 17.7. The molecule has 2 aromatic rings. The lowest BCUT2D eigenvalue weighted by atomic mass is 9.86. The van der Waals surface area contributed by atoms with Crippen molar-refractivity contribution in [2.24, 2.45) is 5.41 Å². The molecule has 0 aromatic heterocycles. The molecule has 0 bridgehead atoms. The minimum atomic E-state index is -1.54. The number of benzene rings is 2. The van der Waals surface area contributed by atoms with Crippen LogP contribution in [-0.4, -0.2) is 31.1 Å². The highest BCUT2D eigenvalue weighted by Gasteiger charge is 2.45. The molecule has 3 rings (SSSR count). The predicted molar refractivity (Wildman–Crippen MR) is 98.9 cm³/mol. The van der Waals surface area contributed by atoms with Crippen molar-refractivity contribution in [2.45, 2.75) is 13.0 Å². The number of fused-ring (bicyclic) bond motifs is 1. The van der Waals surface area contributed by atoms with E-state index in [0.717, 1.165) is 5.56 Å². The molecule has 26 heavy (non-hydrogen) atoms. The largest absolute Gasteiger partial charge is 0.468 e. The van der Waals surface area contributed by atoms with Gasteiger partial charge in [-0.15, -0.1) is 0 Å². The van der Waals surface area contributed by atoms with Gasteiger partial charge in [0.1, 0.15) is 0 Å². The van der Waals surface area contributed by atoms with Gasteiger partial charge in [0.05, 0.1) is 20.3 Å². The molecule has 0 amide bonds. The number of esters is 2. The van der Waals surface area contributed by atoms with Crippen molar-refractivity contribution in [1.82, 2.24) is 4.90 Å². The van der Waals surface area contributed by atoms with Gasteiger partial charge in [-0.05, 0) is 35.4 Å². The third-order valence-electron chi connectivity index (χ3n) is 4.79. The second-order valence-corrected chi connectivity index (χ2v) is 6.18. The Kier molecular flexibility index (Phi) is 4.80. The maximum Gasteiger partial charge on any atom is 0.331 e. The fourth-order valence-electron chi connectivity index (χ4n) is 3.24. The van der Waals surface area contributed by atoms with E-state index in [1.165, 1.54) is 37.1 Å². The summed E-state index contributed by atoms with van der Waals surface area (Å²) in [5.41, 5.74) is -0.389. The summed E-state index contributed by atoms with van der Waals surface area (Å²) < 4.78 is 9.59. The number of carbonyl (C=O) groups is 2. The molecule has 0 unspecified atom stereocenters. The van der Waals surface area contributed by atoms with Crippen LogP contribution in [0.25, 0.3) is 10.8 Å². The Morgan fingerprint density at radius 2 is 1.50 bits per heavy atom. The monoisotopic (exact) mass is 351 g/mol. The molecule has 5 heteroatoms. The normalized spacial score (nSPS) is 16.3. The van der Waals surface area contributed by atoms with Crippen LogP contribution in [0.4, 0.5) is 0 Å². The van der Waals surface area contributed by atoms with Crippen molar-refractivity contribution in [1.29, 1.82) is 0 Å². The Hall–Kier alpha value is -3.08. The number of hydrogen-bond donors (Lipinski definition) is 0. The first-order valence-corrected chi connectivity index (χ1v) is 8.34. The van der Waals surface area contributed by atoms with Crippen LogP contribution < -0.4 is 0 Å². The highest BCUT2D eigenvalue weighted by atomic mass is 16.5. The molecular weight excluding hydrogens is 330 g/mol. The number of ether oxygens (including phenoxy) is 2. The molecule has 1 atom stereocenters. The van der Waals surface area contributed by atoms with Crippen LogP contribution in [-0.2, 0) is 19.1 Å². The third kappa shape index (κ3) is 2.86. The van der Waals surface area contributed by atoms with Crippen LogP contribution in [0, 0.1) is 5.41 Å². The summed E-state index contributed by atoms with van der Waals surface area (Å²) in [6.07, 6.45) is 6.49. The van der Waals surface area contributed by atoms with Crippen molar-refractivity contribution >= 4 is 22.7 Å². The number of rotatable bonds is 4. The van der Waals surface area contributed by atoms with Crippen LogP contribution in [0.15, 0.2) is 67.0 Å². The molecule has 0 saturated carbocycles. The van der Waals surface area contributed by atoms with Crippen LogP contribution >= 0.6 is 0 Å². The predicted octanol–water partition coefficient (Wildman–Crippen LogP) is 3.58.